The summed E-state index contributed by atoms with van der Waals surface area (Å²) in [7, 11) is -3.38. The van der Waals surface area contributed by atoms with Gasteiger partial charge in [-0.3, -0.25) is 5.41 Å². The molecule has 0 saturated heterocycles. The lowest BCUT2D eigenvalue weighted by Crippen LogP contribution is -2.43. The number of hydrogen-bond acceptors (Lipinski definition) is 3. The van der Waals surface area contributed by atoms with Crippen molar-refractivity contribution in [3.63, 3.8) is 0 Å². The third-order valence-corrected chi connectivity index (χ3v) is 5.69. The largest absolute Gasteiger partial charge is 0.387 e. The molecule has 1 saturated carbocycles. The van der Waals surface area contributed by atoms with Crippen molar-refractivity contribution in [3.8, 4) is 0 Å². The van der Waals surface area contributed by atoms with Gasteiger partial charge in [0.15, 0.2) is 0 Å². The lowest BCUT2D eigenvalue weighted by Gasteiger charge is -2.21. The first-order chi connectivity index (χ1) is 9.89. The summed E-state index contributed by atoms with van der Waals surface area (Å²) < 4.78 is 27.4. The molecule has 5 nitrogen and oxygen atoms in total. The molecular formula is C15H23N3O2S. The summed E-state index contributed by atoms with van der Waals surface area (Å²) in [6.07, 6.45) is 2.45. The van der Waals surface area contributed by atoms with Crippen LogP contribution < -0.4 is 10.5 Å². The van der Waals surface area contributed by atoms with Crippen LogP contribution in [0.15, 0.2) is 30.3 Å². The topological polar surface area (TPSA) is 96.0 Å². The van der Waals surface area contributed by atoms with Crippen molar-refractivity contribution in [2.75, 3.05) is 5.75 Å². The minimum Gasteiger partial charge on any atom is -0.387 e. The Hall–Kier alpha value is -1.40. The van der Waals surface area contributed by atoms with Crippen molar-refractivity contribution in [2.24, 2.45) is 11.7 Å². The standard InChI is InChI=1S/C15H23N3O2S/c1-11(12-6-3-2-4-7-12)10-21(19,20)18-14-9-5-8-13(14)15(16)17/h2-4,6-7,11,13-14,18H,5,8-10H2,1H3,(H3,16,17). The molecule has 2 rings (SSSR count). The average molecular weight is 309 g/mol. The molecule has 3 atom stereocenters. The Morgan fingerprint density at radius 2 is 2.05 bits per heavy atom. The molecule has 0 bridgehead atoms. The predicted octanol–water partition coefficient (Wildman–Crippen LogP) is 1.81. The lowest BCUT2D eigenvalue weighted by atomic mass is 10.0. The average Bonchev–Trinajstić information content (AvgIpc) is 2.86. The maximum atomic E-state index is 12.3. The molecule has 4 N–H and O–H groups in total. The fourth-order valence-electron chi connectivity index (χ4n) is 2.96. The first-order valence-corrected chi connectivity index (χ1v) is 8.93. The van der Waals surface area contributed by atoms with Crippen LogP contribution in [0.4, 0.5) is 0 Å². The van der Waals surface area contributed by atoms with Gasteiger partial charge >= 0.3 is 0 Å². The van der Waals surface area contributed by atoms with Crippen LogP contribution in [0.5, 0.6) is 0 Å². The second-order valence-corrected chi connectivity index (χ2v) is 7.61. The van der Waals surface area contributed by atoms with E-state index in [0.717, 1.165) is 24.8 Å². The van der Waals surface area contributed by atoms with Crippen molar-refractivity contribution in [2.45, 2.75) is 38.1 Å². The van der Waals surface area contributed by atoms with E-state index in [2.05, 4.69) is 4.72 Å². The summed E-state index contributed by atoms with van der Waals surface area (Å²) in [6, 6.07) is 9.39. The maximum Gasteiger partial charge on any atom is 0.212 e. The van der Waals surface area contributed by atoms with Crippen LogP contribution in [0.2, 0.25) is 0 Å². The fourth-order valence-corrected chi connectivity index (χ4v) is 4.65. The van der Waals surface area contributed by atoms with E-state index in [-0.39, 0.29) is 29.5 Å². The molecule has 21 heavy (non-hydrogen) atoms. The molecule has 0 aliphatic heterocycles. The summed E-state index contributed by atoms with van der Waals surface area (Å²) in [4.78, 5) is 0. The molecule has 1 aromatic rings. The number of amidine groups is 1. The predicted molar refractivity (Wildman–Crippen MR) is 84.8 cm³/mol. The van der Waals surface area contributed by atoms with E-state index in [0.29, 0.717) is 0 Å². The quantitative estimate of drug-likeness (QED) is 0.552. The summed E-state index contributed by atoms with van der Waals surface area (Å²) in [5.41, 5.74) is 6.56. The van der Waals surface area contributed by atoms with Crippen LogP contribution in [0.25, 0.3) is 0 Å². The zero-order valence-electron chi connectivity index (χ0n) is 12.2. The van der Waals surface area contributed by atoms with E-state index < -0.39 is 10.0 Å². The van der Waals surface area contributed by atoms with Gasteiger partial charge < -0.3 is 5.73 Å². The number of hydrogen-bond donors (Lipinski definition) is 3. The smallest absolute Gasteiger partial charge is 0.212 e. The first kappa shape index (κ1) is 16.0. The number of sulfonamides is 1. The summed E-state index contributed by atoms with van der Waals surface area (Å²) in [5.74, 6) is -0.0954. The number of benzene rings is 1. The van der Waals surface area contributed by atoms with Gasteiger partial charge in [-0.05, 0) is 24.3 Å². The van der Waals surface area contributed by atoms with Gasteiger partial charge in [-0.15, -0.1) is 0 Å². The lowest BCUT2D eigenvalue weighted by molar-refractivity contribution is 0.518. The second kappa shape index (κ2) is 6.58. The normalized spacial score (nSPS) is 23.9. The van der Waals surface area contributed by atoms with E-state index in [1.807, 2.05) is 37.3 Å². The number of rotatable bonds is 6. The van der Waals surface area contributed by atoms with Gasteiger partial charge in [0.05, 0.1) is 11.6 Å². The second-order valence-electron chi connectivity index (χ2n) is 5.81. The van der Waals surface area contributed by atoms with Crippen molar-refractivity contribution >= 4 is 15.9 Å². The summed E-state index contributed by atoms with van der Waals surface area (Å²) >= 11 is 0. The van der Waals surface area contributed by atoms with Crippen molar-refractivity contribution < 1.29 is 8.42 Å². The molecule has 116 valence electrons. The SMILES string of the molecule is CC(CS(=O)(=O)NC1CCCC1C(=N)N)c1ccccc1. The van der Waals surface area contributed by atoms with E-state index in [9.17, 15) is 8.42 Å². The van der Waals surface area contributed by atoms with Gasteiger partial charge in [-0.2, -0.15) is 0 Å². The summed E-state index contributed by atoms with van der Waals surface area (Å²) in [6.45, 7) is 1.91. The molecule has 1 aliphatic rings. The fraction of sp³-hybridized carbons (Fsp3) is 0.533. The number of nitrogens with two attached hydrogens (primary N) is 1. The Labute approximate surface area is 126 Å². The number of nitrogens with one attached hydrogen (secondary N) is 2. The molecule has 0 radical (unpaired) electrons. The zero-order chi connectivity index (χ0) is 15.5. The molecule has 6 heteroatoms. The van der Waals surface area contributed by atoms with Crippen LogP contribution in [-0.4, -0.2) is 26.0 Å². The Morgan fingerprint density at radius 1 is 1.38 bits per heavy atom. The monoisotopic (exact) mass is 309 g/mol. The Bertz CT molecular complexity index is 586. The van der Waals surface area contributed by atoms with Crippen molar-refractivity contribution in [3.05, 3.63) is 35.9 Å². The molecule has 0 heterocycles. The molecule has 1 aromatic carbocycles. The van der Waals surface area contributed by atoms with Crippen LogP contribution >= 0.6 is 0 Å². The highest BCUT2D eigenvalue weighted by atomic mass is 32.2. The molecule has 1 aliphatic carbocycles. The summed E-state index contributed by atoms with van der Waals surface area (Å²) in [5, 5.41) is 7.55. The van der Waals surface area contributed by atoms with Crippen molar-refractivity contribution in [1.82, 2.24) is 4.72 Å². The van der Waals surface area contributed by atoms with Gasteiger partial charge in [0.1, 0.15) is 0 Å². The van der Waals surface area contributed by atoms with E-state index in [4.69, 9.17) is 11.1 Å². The first-order valence-electron chi connectivity index (χ1n) is 7.28. The van der Waals surface area contributed by atoms with Crippen molar-refractivity contribution in [1.29, 1.82) is 5.41 Å². The Kier molecular flexibility index (Phi) is 5.00. The molecule has 3 unspecified atom stereocenters. The maximum absolute atomic E-state index is 12.3. The van der Waals surface area contributed by atoms with Gasteiger partial charge in [0.2, 0.25) is 10.0 Å². The van der Waals surface area contributed by atoms with E-state index in [1.54, 1.807) is 0 Å². The minimum atomic E-state index is -3.38. The van der Waals surface area contributed by atoms with Crippen LogP contribution in [0.1, 0.15) is 37.7 Å². The molecule has 1 fully saturated rings. The third kappa shape index (κ3) is 4.28. The van der Waals surface area contributed by atoms with Gasteiger partial charge in [-0.25, -0.2) is 13.1 Å². The van der Waals surface area contributed by atoms with E-state index in [1.165, 1.54) is 0 Å². The van der Waals surface area contributed by atoms with E-state index >= 15 is 0 Å². The minimum absolute atomic E-state index is 0.0537. The van der Waals surface area contributed by atoms with Crippen LogP contribution in [0.3, 0.4) is 0 Å². The van der Waals surface area contributed by atoms with Gasteiger partial charge in [0, 0.05) is 12.0 Å². The van der Waals surface area contributed by atoms with Gasteiger partial charge in [0.25, 0.3) is 0 Å². The third-order valence-electron chi connectivity index (χ3n) is 4.08. The molecule has 0 spiro atoms. The Balaban J connectivity index is 2.00. The zero-order valence-corrected chi connectivity index (χ0v) is 13.1. The molecular weight excluding hydrogens is 286 g/mol. The van der Waals surface area contributed by atoms with Crippen LogP contribution in [-0.2, 0) is 10.0 Å². The highest BCUT2D eigenvalue weighted by Crippen LogP contribution is 2.26. The Morgan fingerprint density at radius 3 is 2.67 bits per heavy atom. The van der Waals surface area contributed by atoms with Crippen LogP contribution in [0, 0.1) is 11.3 Å². The molecule has 0 amide bonds. The highest BCUT2D eigenvalue weighted by Gasteiger charge is 2.33. The highest BCUT2D eigenvalue weighted by molar-refractivity contribution is 7.89. The van der Waals surface area contributed by atoms with Gasteiger partial charge in [-0.1, -0.05) is 43.7 Å². The molecule has 0 aromatic heterocycles.